The minimum Gasteiger partial charge on any atom is -0.350 e. The van der Waals surface area contributed by atoms with Crippen LogP contribution in [0.25, 0.3) is 0 Å². The monoisotopic (exact) mass is 248 g/mol. The molecule has 1 atom stereocenters. The molecule has 0 spiro atoms. The highest BCUT2D eigenvalue weighted by molar-refractivity contribution is 5.95. The number of nitrogens with zero attached hydrogens (tertiary/aromatic N) is 1. The van der Waals surface area contributed by atoms with Gasteiger partial charge in [0.05, 0.1) is 0 Å². The van der Waals surface area contributed by atoms with Gasteiger partial charge in [-0.2, -0.15) is 0 Å². The van der Waals surface area contributed by atoms with Crippen LogP contribution in [0.15, 0.2) is 24.3 Å². The highest BCUT2D eigenvalue weighted by Gasteiger charge is 2.13. The Morgan fingerprint density at radius 3 is 2.44 bits per heavy atom. The van der Waals surface area contributed by atoms with Crippen LogP contribution in [0.4, 0.5) is 0 Å². The maximum atomic E-state index is 12.0. The van der Waals surface area contributed by atoms with Crippen LogP contribution >= 0.6 is 0 Å². The molecule has 18 heavy (non-hydrogen) atoms. The predicted octanol–water partition coefficient (Wildman–Crippen LogP) is 2.46. The van der Waals surface area contributed by atoms with E-state index in [9.17, 15) is 4.79 Å². The molecule has 100 valence electrons. The Hall–Kier alpha value is -1.35. The number of aryl methyl sites for hydroxylation is 1. The molecule has 0 saturated heterocycles. The number of hydrogen-bond donors (Lipinski definition) is 1. The van der Waals surface area contributed by atoms with E-state index >= 15 is 0 Å². The molecule has 1 unspecified atom stereocenters. The van der Waals surface area contributed by atoms with Crippen LogP contribution in [0.2, 0.25) is 0 Å². The number of likely N-dealkylation sites (N-methyl/N-ethyl adjacent to an activating group) is 1. The first-order valence-electron chi connectivity index (χ1n) is 6.68. The fourth-order valence-electron chi connectivity index (χ4n) is 2.14. The summed E-state index contributed by atoms with van der Waals surface area (Å²) in [6.45, 7) is 11.1. The van der Waals surface area contributed by atoms with E-state index < -0.39 is 0 Å². The molecular weight excluding hydrogens is 224 g/mol. The van der Waals surface area contributed by atoms with Crippen LogP contribution in [0.5, 0.6) is 0 Å². The quantitative estimate of drug-likeness (QED) is 0.838. The second kappa shape index (κ2) is 7.17. The van der Waals surface area contributed by atoms with Crippen LogP contribution in [0.3, 0.4) is 0 Å². The molecule has 1 aromatic rings. The summed E-state index contributed by atoms with van der Waals surface area (Å²) in [5.74, 6) is 0.0205. The van der Waals surface area contributed by atoms with E-state index in [-0.39, 0.29) is 5.91 Å². The third-order valence-electron chi connectivity index (χ3n) is 3.38. The van der Waals surface area contributed by atoms with Crippen molar-refractivity contribution >= 4 is 5.91 Å². The molecule has 3 heteroatoms. The standard InChI is InChI=1S/C15H24N2O/c1-5-17(6-2)13(4)11-16-15(18)14-10-8-7-9-12(14)3/h7-10,13H,5-6,11H2,1-4H3,(H,16,18). The lowest BCUT2D eigenvalue weighted by Crippen LogP contribution is -2.42. The largest absolute Gasteiger partial charge is 0.350 e. The summed E-state index contributed by atoms with van der Waals surface area (Å²) in [4.78, 5) is 14.4. The first kappa shape index (κ1) is 14.7. The van der Waals surface area contributed by atoms with Gasteiger partial charge in [-0.05, 0) is 38.6 Å². The van der Waals surface area contributed by atoms with Crippen LogP contribution in [0, 0.1) is 6.92 Å². The van der Waals surface area contributed by atoms with Gasteiger partial charge in [0.15, 0.2) is 0 Å². The zero-order valence-electron chi connectivity index (χ0n) is 11.9. The van der Waals surface area contributed by atoms with E-state index in [0.717, 1.165) is 24.2 Å². The molecule has 0 bridgehead atoms. The topological polar surface area (TPSA) is 32.3 Å². The highest BCUT2D eigenvalue weighted by Crippen LogP contribution is 2.06. The third-order valence-corrected chi connectivity index (χ3v) is 3.38. The maximum absolute atomic E-state index is 12.0. The molecule has 0 saturated carbocycles. The van der Waals surface area contributed by atoms with Crippen molar-refractivity contribution in [1.82, 2.24) is 10.2 Å². The van der Waals surface area contributed by atoms with Gasteiger partial charge < -0.3 is 5.32 Å². The van der Waals surface area contributed by atoms with Gasteiger partial charge >= 0.3 is 0 Å². The lowest BCUT2D eigenvalue weighted by molar-refractivity contribution is 0.0937. The third kappa shape index (κ3) is 3.84. The minimum atomic E-state index is 0.0205. The smallest absolute Gasteiger partial charge is 0.251 e. The Bertz CT molecular complexity index is 386. The van der Waals surface area contributed by atoms with Gasteiger partial charge in [0, 0.05) is 18.2 Å². The molecule has 0 aromatic heterocycles. The molecule has 1 N–H and O–H groups in total. The SMILES string of the molecule is CCN(CC)C(C)CNC(=O)c1ccccc1C. The Kier molecular flexibility index (Phi) is 5.86. The van der Waals surface area contributed by atoms with Gasteiger partial charge in [0.1, 0.15) is 0 Å². The first-order chi connectivity index (χ1) is 8.60. The fourth-order valence-corrected chi connectivity index (χ4v) is 2.14. The number of amides is 1. The normalized spacial score (nSPS) is 12.5. The molecule has 0 fully saturated rings. The van der Waals surface area contributed by atoms with E-state index in [2.05, 4.69) is 31.0 Å². The van der Waals surface area contributed by atoms with Crippen molar-refractivity contribution in [3.8, 4) is 0 Å². The lowest BCUT2D eigenvalue weighted by atomic mass is 10.1. The summed E-state index contributed by atoms with van der Waals surface area (Å²) >= 11 is 0. The predicted molar refractivity (Wildman–Crippen MR) is 75.9 cm³/mol. The molecule has 1 amide bonds. The van der Waals surface area contributed by atoms with Crippen LogP contribution < -0.4 is 5.32 Å². The lowest BCUT2D eigenvalue weighted by Gasteiger charge is -2.26. The van der Waals surface area contributed by atoms with E-state index in [1.165, 1.54) is 0 Å². The van der Waals surface area contributed by atoms with Gasteiger partial charge in [-0.15, -0.1) is 0 Å². The van der Waals surface area contributed by atoms with Crippen LogP contribution in [0.1, 0.15) is 36.7 Å². The fraction of sp³-hybridized carbons (Fsp3) is 0.533. The second-order valence-electron chi connectivity index (χ2n) is 4.60. The van der Waals surface area contributed by atoms with E-state index in [1.807, 2.05) is 31.2 Å². The maximum Gasteiger partial charge on any atom is 0.251 e. The Balaban J connectivity index is 2.54. The summed E-state index contributed by atoms with van der Waals surface area (Å²) in [5, 5.41) is 3.01. The number of benzene rings is 1. The van der Waals surface area contributed by atoms with E-state index in [0.29, 0.717) is 12.6 Å². The second-order valence-corrected chi connectivity index (χ2v) is 4.60. The van der Waals surface area contributed by atoms with Crippen molar-refractivity contribution in [3.05, 3.63) is 35.4 Å². The van der Waals surface area contributed by atoms with E-state index in [4.69, 9.17) is 0 Å². The molecule has 0 aliphatic carbocycles. The molecule has 3 nitrogen and oxygen atoms in total. The number of rotatable bonds is 6. The van der Waals surface area contributed by atoms with Crippen molar-refractivity contribution < 1.29 is 4.79 Å². The first-order valence-corrected chi connectivity index (χ1v) is 6.68. The average molecular weight is 248 g/mol. The number of carbonyl (C=O) groups excluding carboxylic acids is 1. The van der Waals surface area contributed by atoms with Crippen molar-refractivity contribution in [3.63, 3.8) is 0 Å². The van der Waals surface area contributed by atoms with Crippen molar-refractivity contribution in [2.24, 2.45) is 0 Å². The van der Waals surface area contributed by atoms with Crippen molar-refractivity contribution in [2.45, 2.75) is 33.7 Å². The number of nitrogens with one attached hydrogen (secondary N) is 1. The van der Waals surface area contributed by atoms with E-state index in [1.54, 1.807) is 0 Å². The van der Waals surface area contributed by atoms with Crippen LogP contribution in [-0.4, -0.2) is 36.5 Å². The summed E-state index contributed by atoms with van der Waals surface area (Å²) in [7, 11) is 0. The van der Waals surface area contributed by atoms with Gasteiger partial charge in [0.2, 0.25) is 0 Å². The molecule has 1 aromatic carbocycles. The summed E-state index contributed by atoms with van der Waals surface area (Å²) < 4.78 is 0. The molecule has 0 aliphatic rings. The Morgan fingerprint density at radius 2 is 1.89 bits per heavy atom. The Morgan fingerprint density at radius 1 is 1.28 bits per heavy atom. The van der Waals surface area contributed by atoms with Gasteiger partial charge in [-0.3, -0.25) is 9.69 Å². The summed E-state index contributed by atoms with van der Waals surface area (Å²) in [6, 6.07) is 8.04. The summed E-state index contributed by atoms with van der Waals surface area (Å²) in [6.07, 6.45) is 0. The average Bonchev–Trinajstić information content (AvgIpc) is 2.38. The zero-order valence-corrected chi connectivity index (χ0v) is 11.9. The molecule has 0 heterocycles. The molecule has 0 radical (unpaired) electrons. The number of carbonyl (C=O) groups is 1. The van der Waals surface area contributed by atoms with Crippen LogP contribution in [-0.2, 0) is 0 Å². The van der Waals surface area contributed by atoms with Crippen molar-refractivity contribution in [1.29, 1.82) is 0 Å². The highest BCUT2D eigenvalue weighted by atomic mass is 16.1. The number of hydrogen-bond acceptors (Lipinski definition) is 2. The van der Waals surface area contributed by atoms with Crippen molar-refractivity contribution in [2.75, 3.05) is 19.6 Å². The molecule has 1 rings (SSSR count). The molecule has 0 aliphatic heterocycles. The zero-order chi connectivity index (χ0) is 13.5. The van der Waals surface area contributed by atoms with Gasteiger partial charge in [0.25, 0.3) is 5.91 Å². The summed E-state index contributed by atoms with van der Waals surface area (Å²) in [5.41, 5.74) is 1.79. The minimum absolute atomic E-state index is 0.0205. The van der Waals surface area contributed by atoms with Gasteiger partial charge in [-0.1, -0.05) is 32.0 Å². The van der Waals surface area contributed by atoms with Gasteiger partial charge in [-0.25, -0.2) is 0 Å². The molecular formula is C15H24N2O. The Labute approximate surface area is 110 Å².